The van der Waals surface area contributed by atoms with Crippen LogP contribution in [-0.2, 0) is 0 Å². The monoisotopic (exact) mass is 108 g/mol. The lowest BCUT2D eigenvalue weighted by Crippen LogP contribution is -2.09. The van der Waals surface area contributed by atoms with Gasteiger partial charge in [-0.05, 0) is 6.32 Å². The summed E-state index contributed by atoms with van der Waals surface area (Å²) in [7, 11) is -1.23. The minimum Gasteiger partial charge on any atom is -0.427 e. The fourth-order valence-electron chi connectivity index (χ4n) is 0.0976. The largest absolute Gasteiger partial charge is 0.452 e. The third kappa shape index (κ3) is 4.27. The number of alkyl halides is 1. The Bertz CT molecular complexity index is 32.7. The van der Waals surface area contributed by atoms with Crippen LogP contribution in [0.1, 0.15) is 0 Å². The Labute approximate surface area is 41.9 Å². The van der Waals surface area contributed by atoms with Crippen LogP contribution in [0.4, 0.5) is 0 Å². The molecule has 0 bridgehead atoms. The Morgan fingerprint density at radius 1 is 1.50 bits per heavy atom. The smallest absolute Gasteiger partial charge is 0.427 e. The molecule has 0 aromatic rings. The van der Waals surface area contributed by atoms with Gasteiger partial charge in [0.1, 0.15) is 0 Å². The van der Waals surface area contributed by atoms with Gasteiger partial charge in [-0.15, -0.1) is 11.6 Å². The molecule has 0 aromatic carbocycles. The maximum atomic E-state index is 8.02. The van der Waals surface area contributed by atoms with Crippen molar-refractivity contribution in [1.29, 1.82) is 0 Å². The summed E-state index contributed by atoms with van der Waals surface area (Å²) in [6.45, 7) is 0. The van der Waals surface area contributed by atoms with Crippen molar-refractivity contribution < 1.29 is 10.0 Å². The van der Waals surface area contributed by atoms with Crippen LogP contribution in [0.25, 0.3) is 0 Å². The zero-order valence-corrected chi connectivity index (χ0v) is 4.02. The van der Waals surface area contributed by atoms with E-state index in [1.165, 1.54) is 0 Å². The van der Waals surface area contributed by atoms with Gasteiger partial charge in [0.2, 0.25) is 0 Å². The molecule has 4 heteroatoms. The van der Waals surface area contributed by atoms with Crippen molar-refractivity contribution in [3.05, 3.63) is 0 Å². The van der Waals surface area contributed by atoms with Crippen LogP contribution in [0.15, 0.2) is 0 Å². The summed E-state index contributed by atoms with van der Waals surface area (Å²) in [5.74, 6) is 0.303. The fraction of sp³-hybridized carbons (Fsp3) is 1.00. The Balaban J connectivity index is 2.63. The molecule has 0 rings (SSSR count). The van der Waals surface area contributed by atoms with Crippen LogP contribution in [0.5, 0.6) is 0 Å². The number of halogens is 1. The molecule has 0 spiro atoms. The maximum Gasteiger partial charge on any atom is 0.452 e. The lowest BCUT2D eigenvalue weighted by Gasteiger charge is -1.86. The molecule has 0 saturated heterocycles. The predicted octanol–water partition coefficient (Wildman–Crippen LogP) is -0.302. The van der Waals surface area contributed by atoms with Crippen molar-refractivity contribution in [2.75, 3.05) is 5.88 Å². The fourth-order valence-corrected chi connectivity index (χ4v) is 0.293. The average molecular weight is 108 g/mol. The molecule has 0 atom stereocenters. The minimum atomic E-state index is -1.23. The Morgan fingerprint density at radius 2 is 2.00 bits per heavy atom. The molecule has 0 heterocycles. The first-order valence-corrected chi connectivity index (χ1v) is 2.23. The van der Waals surface area contributed by atoms with Gasteiger partial charge in [0.05, 0.1) is 0 Å². The molecule has 0 fully saturated rings. The van der Waals surface area contributed by atoms with Gasteiger partial charge in [-0.3, -0.25) is 0 Å². The van der Waals surface area contributed by atoms with Gasteiger partial charge in [-0.1, -0.05) is 0 Å². The van der Waals surface area contributed by atoms with E-state index in [2.05, 4.69) is 0 Å². The van der Waals surface area contributed by atoms with Crippen molar-refractivity contribution in [2.45, 2.75) is 6.32 Å². The first-order valence-electron chi connectivity index (χ1n) is 1.69. The van der Waals surface area contributed by atoms with E-state index in [1.807, 2.05) is 0 Å². The Morgan fingerprint density at radius 3 is 2.00 bits per heavy atom. The molecule has 36 valence electrons. The van der Waals surface area contributed by atoms with Crippen LogP contribution < -0.4 is 0 Å². The molecule has 0 unspecified atom stereocenters. The van der Waals surface area contributed by atoms with Crippen LogP contribution in [0.2, 0.25) is 6.32 Å². The zero-order chi connectivity index (χ0) is 4.99. The first-order chi connectivity index (χ1) is 2.77. The summed E-state index contributed by atoms with van der Waals surface area (Å²) in [6, 6.07) is 0. The molecular weight excluding hydrogens is 102 g/mol. The van der Waals surface area contributed by atoms with Crippen LogP contribution in [-0.4, -0.2) is 23.0 Å². The molecule has 0 aromatic heterocycles. The third-order valence-corrected chi connectivity index (χ3v) is 0.586. The summed E-state index contributed by atoms with van der Waals surface area (Å²) in [5, 5.41) is 16.0. The van der Waals surface area contributed by atoms with Crippen molar-refractivity contribution in [1.82, 2.24) is 0 Å². The van der Waals surface area contributed by atoms with Gasteiger partial charge < -0.3 is 10.0 Å². The van der Waals surface area contributed by atoms with E-state index in [4.69, 9.17) is 21.6 Å². The van der Waals surface area contributed by atoms with Crippen molar-refractivity contribution in [3.63, 3.8) is 0 Å². The van der Waals surface area contributed by atoms with Gasteiger partial charge in [0.15, 0.2) is 0 Å². The van der Waals surface area contributed by atoms with Crippen LogP contribution >= 0.6 is 11.6 Å². The standard InChI is InChI=1S/C2H6BClO2/c4-2-1-3(5)6/h5-6H,1-2H2. The highest BCUT2D eigenvalue weighted by Crippen LogP contribution is 1.84. The molecule has 0 aliphatic rings. The molecule has 0 aliphatic carbocycles. The molecule has 2 nitrogen and oxygen atoms in total. The summed E-state index contributed by atoms with van der Waals surface area (Å²) in [5.41, 5.74) is 0. The second-order valence-corrected chi connectivity index (χ2v) is 1.34. The summed E-state index contributed by atoms with van der Waals surface area (Å²) >= 11 is 5.08. The summed E-state index contributed by atoms with van der Waals surface area (Å²) in [6.07, 6.45) is 0.252. The van der Waals surface area contributed by atoms with E-state index in [9.17, 15) is 0 Å². The highest BCUT2D eigenvalue weighted by atomic mass is 35.5. The molecule has 0 amide bonds. The van der Waals surface area contributed by atoms with Crippen molar-refractivity contribution in [3.8, 4) is 0 Å². The SMILES string of the molecule is OB(O)CCCl. The average Bonchev–Trinajstić information content (AvgIpc) is 1.35. The second kappa shape index (κ2) is 3.46. The molecule has 0 saturated carbocycles. The maximum absolute atomic E-state index is 8.02. The van der Waals surface area contributed by atoms with E-state index in [0.717, 1.165) is 0 Å². The molecule has 6 heavy (non-hydrogen) atoms. The van der Waals surface area contributed by atoms with E-state index in [-0.39, 0.29) is 6.32 Å². The molecule has 2 N–H and O–H groups in total. The summed E-state index contributed by atoms with van der Waals surface area (Å²) < 4.78 is 0. The van der Waals surface area contributed by atoms with Gasteiger partial charge in [-0.2, -0.15) is 0 Å². The minimum absolute atomic E-state index is 0.252. The highest BCUT2D eigenvalue weighted by molar-refractivity contribution is 6.42. The van der Waals surface area contributed by atoms with Gasteiger partial charge in [0.25, 0.3) is 0 Å². The highest BCUT2D eigenvalue weighted by Gasteiger charge is 2.01. The number of rotatable bonds is 2. The Kier molecular flexibility index (Phi) is 3.62. The molecular formula is C2H6BClO2. The molecule has 0 aliphatic heterocycles. The van der Waals surface area contributed by atoms with Crippen LogP contribution in [0, 0.1) is 0 Å². The second-order valence-electron chi connectivity index (χ2n) is 0.958. The van der Waals surface area contributed by atoms with E-state index in [1.54, 1.807) is 0 Å². The number of hydrogen-bond donors (Lipinski definition) is 2. The quantitative estimate of drug-likeness (QED) is 0.377. The zero-order valence-electron chi connectivity index (χ0n) is 3.26. The first kappa shape index (κ1) is 6.27. The normalized spacial score (nSPS) is 8.50. The summed E-state index contributed by atoms with van der Waals surface area (Å²) in [4.78, 5) is 0. The Hall–Kier alpha value is 0.275. The van der Waals surface area contributed by atoms with Crippen molar-refractivity contribution >= 4 is 18.7 Å². The van der Waals surface area contributed by atoms with Crippen molar-refractivity contribution in [2.24, 2.45) is 0 Å². The van der Waals surface area contributed by atoms with Gasteiger partial charge >= 0.3 is 7.12 Å². The van der Waals surface area contributed by atoms with Gasteiger partial charge in [-0.25, -0.2) is 0 Å². The van der Waals surface area contributed by atoms with E-state index >= 15 is 0 Å². The number of hydrogen-bond acceptors (Lipinski definition) is 2. The van der Waals surface area contributed by atoms with E-state index < -0.39 is 7.12 Å². The van der Waals surface area contributed by atoms with Crippen LogP contribution in [0.3, 0.4) is 0 Å². The lowest BCUT2D eigenvalue weighted by atomic mass is 9.88. The predicted molar refractivity (Wildman–Crippen MR) is 25.7 cm³/mol. The molecule has 0 radical (unpaired) electrons. The van der Waals surface area contributed by atoms with Gasteiger partial charge in [0, 0.05) is 5.88 Å². The van der Waals surface area contributed by atoms with E-state index in [0.29, 0.717) is 5.88 Å². The topological polar surface area (TPSA) is 40.5 Å². The lowest BCUT2D eigenvalue weighted by molar-refractivity contribution is 0.408. The third-order valence-electron chi connectivity index (χ3n) is 0.367.